The number of hydrogen-bond donors (Lipinski definition) is 0. The molecule has 2 rings (SSSR count). The standard InChI is InChI=1S/C7H6BrN3O/c1-12-7-4-11-6(9-7)3-2-5(8)10-11/h2-4H,1H3. The number of nitrogens with zero attached hydrogens (tertiary/aromatic N) is 3. The number of ether oxygens (including phenoxy) is 1. The molecule has 0 aliphatic rings. The molecule has 0 bridgehead atoms. The second kappa shape index (κ2) is 2.75. The van der Waals surface area contributed by atoms with Crippen LogP contribution in [0.1, 0.15) is 0 Å². The van der Waals surface area contributed by atoms with E-state index in [0.29, 0.717) is 5.88 Å². The van der Waals surface area contributed by atoms with Gasteiger partial charge in [0.05, 0.1) is 13.3 Å². The Bertz CT molecular complexity index is 412. The van der Waals surface area contributed by atoms with Gasteiger partial charge in [0.25, 0.3) is 0 Å². The lowest BCUT2D eigenvalue weighted by molar-refractivity contribution is 0.400. The Morgan fingerprint density at radius 2 is 2.33 bits per heavy atom. The topological polar surface area (TPSA) is 39.4 Å². The van der Waals surface area contributed by atoms with Crippen LogP contribution in [0.5, 0.6) is 5.88 Å². The van der Waals surface area contributed by atoms with Crippen LogP contribution in [0.15, 0.2) is 22.9 Å². The Hall–Kier alpha value is -1.10. The lowest BCUT2D eigenvalue weighted by atomic mass is 10.6. The number of aromatic nitrogens is 3. The van der Waals surface area contributed by atoms with Gasteiger partial charge in [-0.25, -0.2) is 4.52 Å². The predicted molar refractivity (Wildman–Crippen MR) is 47.2 cm³/mol. The van der Waals surface area contributed by atoms with Crippen molar-refractivity contribution in [1.29, 1.82) is 0 Å². The van der Waals surface area contributed by atoms with Crippen molar-refractivity contribution in [3.63, 3.8) is 0 Å². The van der Waals surface area contributed by atoms with E-state index in [1.807, 2.05) is 12.1 Å². The van der Waals surface area contributed by atoms with Crippen molar-refractivity contribution in [3.05, 3.63) is 22.9 Å². The molecular formula is C7H6BrN3O. The molecule has 2 aromatic rings. The molecular weight excluding hydrogens is 222 g/mol. The highest BCUT2D eigenvalue weighted by atomic mass is 79.9. The normalized spacial score (nSPS) is 10.5. The molecule has 0 aliphatic carbocycles. The van der Waals surface area contributed by atoms with E-state index in [1.54, 1.807) is 17.8 Å². The molecule has 4 nitrogen and oxygen atoms in total. The van der Waals surface area contributed by atoms with Gasteiger partial charge >= 0.3 is 0 Å². The maximum absolute atomic E-state index is 4.95. The van der Waals surface area contributed by atoms with Crippen LogP contribution in [-0.2, 0) is 0 Å². The summed E-state index contributed by atoms with van der Waals surface area (Å²) in [6.45, 7) is 0. The summed E-state index contributed by atoms with van der Waals surface area (Å²) >= 11 is 3.26. The van der Waals surface area contributed by atoms with Gasteiger partial charge in [-0.1, -0.05) is 0 Å². The smallest absolute Gasteiger partial charge is 0.234 e. The molecule has 0 saturated carbocycles. The van der Waals surface area contributed by atoms with Crippen LogP contribution in [0, 0.1) is 0 Å². The molecule has 0 aromatic carbocycles. The van der Waals surface area contributed by atoms with Gasteiger partial charge in [-0.3, -0.25) is 0 Å². The molecule has 0 fully saturated rings. The first-order valence-corrected chi connectivity index (χ1v) is 4.15. The maximum Gasteiger partial charge on any atom is 0.234 e. The van der Waals surface area contributed by atoms with E-state index in [1.165, 1.54) is 0 Å². The van der Waals surface area contributed by atoms with Gasteiger partial charge in [0.15, 0.2) is 5.65 Å². The van der Waals surface area contributed by atoms with E-state index >= 15 is 0 Å². The first-order chi connectivity index (χ1) is 5.79. The molecule has 0 unspecified atom stereocenters. The first-order valence-electron chi connectivity index (χ1n) is 3.35. The monoisotopic (exact) mass is 227 g/mol. The molecule has 0 N–H and O–H groups in total. The molecule has 0 aliphatic heterocycles. The third kappa shape index (κ3) is 1.16. The van der Waals surface area contributed by atoms with Gasteiger partial charge in [0.2, 0.25) is 5.88 Å². The van der Waals surface area contributed by atoms with Crippen molar-refractivity contribution in [2.24, 2.45) is 0 Å². The van der Waals surface area contributed by atoms with Crippen molar-refractivity contribution in [1.82, 2.24) is 14.6 Å². The van der Waals surface area contributed by atoms with Crippen LogP contribution in [0.4, 0.5) is 0 Å². The van der Waals surface area contributed by atoms with Gasteiger partial charge in [0.1, 0.15) is 4.60 Å². The van der Waals surface area contributed by atoms with E-state index in [9.17, 15) is 0 Å². The van der Waals surface area contributed by atoms with Crippen LogP contribution in [0.25, 0.3) is 5.65 Å². The van der Waals surface area contributed by atoms with Crippen LogP contribution in [-0.4, -0.2) is 21.7 Å². The Kier molecular flexibility index (Phi) is 1.73. The predicted octanol–water partition coefficient (Wildman–Crippen LogP) is 1.50. The number of halogens is 1. The second-order valence-electron chi connectivity index (χ2n) is 2.24. The third-order valence-corrected chi connectivity index (χ3v) is 1.90. The minimum atomic E-state index is 0.570. The summed E-state index contributed by atoms with van der Waals surface area (Å²) in [6, 6.07) is 3.70. The zero-order valence-electron chi connectivity index (χ0n) is 6.36. The molecule has 0 radical (unpaired) electrons. The molecule has 62 valence electrons. The van der Waals surface area contributed by atoms with E-state index in [-0.39, 0.29) is 0 Å². The maximum atomic E-state index is 4.95. The fourth-order valence-electron chi connectivity index (χ4n) is 0.935. The highest BCUT2D eigenvalue weighted by Gasteiger charge is 2.00. The number of imidazole rings is 1. The highest BCUT2D eigenvalue weighted by Crippen LogP contribution is 2.12. The molecule has 0 atom stereocenters. The van der Waals surface area contributed by atoms with Crippen LogP contribution in [0.2, 0.25) is 0 Å². The average Bonchev–Trinajstić information content (AvgIpc) is 2.46. The van der Waals surface area contributed by atoms with E-state index in [4.69, 9.17) is 4.74 Å². The van der Waals surface area contributed by atoms with Crippen molar-refractivity contribution < 1.29 is 4.74 Å². The Morgan fingerprint density at radius 3 is 3.08 bits per heavy atom. The summed E-state index contributed by atoms with van der Waals surface area (Å²) < 4.78 is 7.38. The molecule has 5 heteroatoms. The quantitative estimate of drug-likeness (QED) is 0.742. The SMILES string of the molecule is COc1cn2nc(Br)ccc2n1. The van der Waals surface area contributed by atoms with Gasteiger partial charge < -0.3 is 4.74 Å². The van der Waals surface area contributed by atoms with E-state index < -0.39 is 0 Å². The summed E-state index contributed by atoms with van der Waals surface area (Å²) in [5, 5.41) is 4.14. The van der Waals surface area contributed by atoms with Crippen molar-refractivity contribution in [2.45, 2.75) is 0 Å². The molecule has 0 saturated heterocycles. The minimum Gasteiger partial charge on any atom is -0.480 e. The zero-order chi connectivity index (χ0) is 8.55. The van der Waals surface area contributed by atoms with Gasteiger partial charge in [0, 0.05) is 0 Å². The number of rotatable bonds is 1. The fraction of sp³-hybridized carbons (Fsp3) is 0.143. The summed E-state index contributed by atoms with van der Waals surface area (Å²) in [7, 11) is 1.58. The summed E-state index contributed by atoms with van der Waals surface area (Å²) in [5.74, 6) is 0.570. The van der Waals surface area contributed by atoms with Crippen molar-refractivity contribution in [2.75, 3.05) is 7.11 Å². The lowest BCUT2D eigenvalue weighted by Crippen LogP contribution is -1.88. The Morgan fingerprint density at radius 1 is 1.50 bits per heavy atom. The molecule has 0 amide bonds. The van der Waals surface area contributed by atoms with Crippen molar-refractivity contribution in [3.8, 4) is 5.88 Å². The number of methoxy groups -OCH3 is 1. The van der Waals surface area contributed by atoms with Crippen LogP contribution >= 0.6 is 15.9 Å². The summed E-state index contributed by atoms with van der Waals surface area (Å²) in [5.41, 5.74) is 0.773. The molecule has 12 heavy (non-hydrogen) atoms. The Labute approximate surface area is 77.3 Å². The van der Waals surface area contributed by atoms with E-state index in [0.717, 1.165) is 10.3 Å². The number of hydrogen-bond acceptors (Lipinski definition) is 3. The molecule has 2 aromatic heterocycles. The van der Waals surface area contributed by atoms with Gasteiger partial charge in [-0.2, -0.15) is 10.1 Å². The first kappa shape index (κ1) is 7.54. The van der Waals surface area contributed by atoms with Crippen molar-refractivity contribution >= 4 is 21.6 Å². The molecule has 0 spiro atoms. The van der Waals surface area contributed by atoms with Crippen LogP contribution < -0.4 is 4.74 Å². The zero-order valence-corrected chi connectivity index (χ0v) is 7.95. The van der Waals surface area contributed by atoms with E-state index in [2.05, 4.69) is 26.0 Å². The summed E-state index contributed by atoms with van der Waals surface area (Å²) in [6.07, 6.45) is 1.72. The summed E-state index contributed by atoms with van der Waals surface area (Å²) in [4.78, 5) is 4.13. The van der Waals surface area contributed by atoms with Crippen LogP contribution in [0.3, 0.4) is 0 Å². The second-order valence-corrected chi connectivity index (χ2v) is 3.05. The highest BCUT2D eigenvalue weighted by molar-refractivity contribution is 9.10. The third-order valence-electron chi connectivity index (χ3n) is 1.47. The lowest BCUT2D eigenvalue weighted by Gasteiger charge is -1.89. The number of fused-ring (bicyclic) bond motifs is 1. The molecule has 2 heterocycles. The fourth-order valence-corrected chi connectivity index (χ4v) is 1.24. The Balaban J connectivity index is 2.67. The largest absolute Gasteiger partial charge is 0.480 e. The van der Waals surface area contributed by atoms with Gasteiger partial charge in [-0.05, 0) is 28.1 Å². The average molecular weight is 228 g/mol. The van der Waals surface area contributed by atoms with Gasteiger partial charge in [-0.15, -0.1) is 0 Å². The minimum absolute atomic E-state index is 0.570.